The zero-order valence-corrected chi connectivity index (χ0v) is 13.0. The van der Waals surface area contributed by atoms with Crippen LogP contribution in [0.25, 0.3) is 0 Å². The van der Waals surface area contributed by atoms with Crippen molar-refractivity contribution in [1.82, 2.24) is 10.2 Å². The third-order valence-corrected chi connectivity index (χ3v) is 3.80. The summed E-state index contributed by atoms with van der Waals surface area (Å²) in [6.07, 6.45) is 1.68. The Hall–Kier alpha value is -1.75. The molecular weight excluding hydrogens is 268 g/mol. The van der Waals surface area contributed by atoms with Gasteiger partial charge in [-0.2, -0.15) is 0 Å². The van der Waals surface area contributed by atoms with E-state index in [4.69, 9.17) is 9.47 Å². The van der Waals surface area contributed by atoms with Gasteiger partial charge in [-0.25, -0.2) is 0 Å². The fourth-order valence-corrected chi connectivity index (χ4v) is 2.57. The number of amides is 1. The summed E-state index contributed by atoms with van der Waals surface area (Å²) in [6.45, 7) is 4.45. The van der Waals surface area contributed by atoms with Gasteiger partial charge in [0, 0.05) is 43.7 Å². The molecule has 0 bridgehead atoms. The molecule has 0 aliphatic carbocycles. The van der Waals surface area contributed by atoms with Gasteiger partial charge in [0.25, 0.3) is 0 Å². The second-order valence-electron chi connectivity index (χ2n) is 5.40. The van der Waals surface area contributed by atoms with E-state index in [9.17, 15) is 4.79 Å². The zero-order valence-electron chi connectivity index (χ0n) is 13.0. The number of nitrogens with one attached hydrogen (secondary N) is 1. The van der Waals surface area contributed by atoms with E-state index in [0.717, 1.165) is 36.6 Å². The van der Waals surface area contributed by atoms with Crippen molar-refractivity contribution in [3.8, 4) is 11.5 Å². The third kappa shape index (κ3) is 4.11. The average Bonchev–Trinajstić information content (AvgIpc) is 2.90. The predicted molar refractivity (Wildman–Crippen MR) is 81.7 cm³/mol. The lowest BCUT2D eigenvalue weighted by Crippen LogP contribution is -2.39. The summed E-state index contributed by atoms with van der Waals surface area (Å²) in [6, 6.07) is 6.05. The highest BCUT2D eigenvalue weighted by Gasteiger charge is 2.21. The van der Waals surface area contributed by atoms with Gasteiger partial charge in [0.2, 0.25) is 5.91 Å². The van der Waals surface area contributed by atoms with Crippen LogP contribution >= 0.6 is 0 Å². The van der Waals surface area contributed by atoms with E-state index in [1.165, 1.54) is 0 Å². The highest BCUT2D eigenvalue weighted by molar-refractivity contribution is 5.78. The van der Waals surface area contributed by atoms with Crippen molar-refractivity contribution in [3.05, 3.63) is 23.8 Å². The van der Waals surface area contributed by atoms with Crippen LogP contribution in [0.4, 0.5) is 0 Å². The van der Waals surface area contributed by atoms with Gasteiger partial charge in [0.15, 0.2) is 0 Å². The van der Waals surface area contributed by atoms with E-state index in [-0.39, 0.29) is 11.9 Å². The first-order chi connectivity index (χ1) is 10.1. The average molecular weight is 292 g/mol. The topological polar surface area (TPSA) is 50.8 Å². The van der Waals surface area contributed by atoms with E-state index >= 15 is 0 Å². The summed E-state index contributed by atoms with van der Waals surface area (Å²) in [4.78, 5) is 13.6. The Labute approximate surface area is 126 Å². The minimum absolute atomic E-state index is 0.249. The van der Waals surface area contributed by atoms with Crippen molar-refractivity contribution >= 4 is 5.91 Å². The van der Waals surface area contributed by atoms with Gasteiger partial charge < -0.3 is 19.7 Å². The van der Waals surface area contributed by atoms with E-state index < -0.39 is 0 Å². The standard InChI is InChI=1S/C16H24N2O3/c1-12(11-18-8-4-5-16(18)19)17-10-13-6-7-14(20-2)9-15(13)21-3/h6-7,9,12,17H,4-5,8,10-11H2,1-3H3. The van der Waals surface area contributed by atoms with Crippen LogP contribution in [0.3, 0.4) is 0 Å². The van der Waals surface area contributed by atoms with E-state index in [1.807, 2.05) is 23.1 Å². The number of carbonyl (C=O) groups is 1. The monoisotopic (exact) mass is 292 g/mol. The highest BCUT2D eigenvalue weighted by atomic mass is 16.5. The number of ether oxygens (including phenoxy) is 2. The number of hydrogen-bond acceptors (Lipinski definition) is 4. The van der Waals surface area contributed by atoms with Crippen LogP contribution in [-0.2, 0) is 11.3 Å². The van der Waals surface area contributed by atoms with Gasteiger partial charge in [0.1, 0.15) is 11.5 Å². The predicted octanol–water partition coefficient (Wildman–Crippen LogP) is 1.80. The number of benzene rings is 1. The van der Waals surface area contributed by atoms with Crippen molar-refractivity contribution in [2.24, 2.45) is 0 Å². The van der Waals surface area contributed by atoms with Crippen molar-refractivity contribution in [1.29, 1.82) is 0 Å². The summed E-state index contributed by atoms with van der Waals surface area (Å²) in [5.74, 6) is 1.86. The van der Waals surface area contributed by atoms with Gasteiger partial charge >= 0.3 is 0 Å². The molecule has 1 fully saturated rings. The van der Waals surface area contributed by atoms with Crippen LogP contribution in [0.2, 0.25) is 0 Å². The smallest absolute Gasteiger partial charge is 0.222 e. The van der Waals surface area contributed by atoms with Crippen LogP contribution in [-0.4, -0.2) is 44.2 Å². The lowest BCUT2D eigenvalue weighted by atomic mass is 10.1. The minimum Gasteiger partial charge on any atom is -0.497 e. The molecule has 2 rings (SSSR count). The molecule has 1 saturated heterocycles. The quantitative estimate of drug-likeness (QED) is 0.832. The summed E-state index contributed by atoms with van der Waals surface area (Å²) in [7, 11) is 3.30. The molecule has 1 aliphatic heterocycles. The molecule has 0 radical (unpaired) electrons. The van der Waals surface area contributed by atoms with Gasteiger partial charge in [0.05, 0.1) is 14.2 Å². The highest BCUT2D eigenvalue weighted by Crippen LogP contribution is 2.24. The first-order valence-corrected chi connectivity index (χ1v) is 7.36. The molecule has 116 valence electrons. The SMILES string of the molecule is COc1ccc(CNC(C)CN2CCCC2=O)c(OC)c1. The van der Waals surface area contributed by atoms with Crippen LogP contribution in [0.15, 0.2) is 18.2 Å². The fourth-order valence-electron chi connectivity index (χ4n) is 2.57. The maximum atomic E-state index is 11.6. The van der Waals surface area contributed by atoms with E-state index in [2.05, 4.69) is 12.2 Å². The van der Waals surface area contributed by atoms with Crippen LogP contribution < -0.4 is 14.8 Å². The molecule has 0 saturated carbocycles. The maximum absolute atomic E-state index is 11.6. The van der Waals surface area contributed by atoms with Crippen molar-refractivity contribution in [3.63, 3.8) is 0 Å². The molecule has 1 heterocycles. The molecular formula is C16H24N2O3. The molecule has 21 heavy (non-hydrogen) atoms. The number of nitrogens with zero attached hydrogens (tertiary/aromatic N) is 1. The molecule has 1 aromatic carbocycles. The van der Waals surface area contributed by atoms with Crippen LogP contribution in [0, 0.1) is 0 Å². The zero-order chi connectivity index (χ0) is 15.2. The maximum Gasteiger partial charge on any atom is 0.222 e. The molecule has 5 nitrogen and oxygen atoms in total. The molecule has 5 heteroatoms. The largest absolute Gasteiger partial charge is 0.497 e. The van der Waals surface area contributed by atoms with Crippen molar-refractivity contribution in [2.75, 3.05) is 27.3 Å². The van der Waals surface area contributed by atoms with Crippen molar-refractivity contribution < 1.29 is 14.3 Å². The van der Waals surface area contributed by atoms with Gasteiger partial charge in [-0.3, -0.25) is 4.79 Å². The Bertz CT molecular complexity index is 490. The Morgan fingerprint density at radius 1 is 1.33 bits per heavy atom. The molecule has 1 aliphatic rings. The second kappa shape index (κ2) is 7.31. The minimum atomic E-state index is 0.249. The number of methoxy groups -OCH3 is 2. The summed E-state index contributed by atoms with van der Waals surface area (Å²) < 4.78 is 10.6. The molecule has 0 aromatic heterocycles. The van der Waals surface area contributed by atoms with Crippen LogP contribution in [0.1, 0.15) is 25.3 Å². The fraction of sp³-hybridized carbons (Fsp3) is 0.562. The third-order valence-electron chi connectivity index (χ3n) is 3.80. The Morgan fingerprint density at radius 2 is 2.14 bits per heavy atom. The molecule has 1 N–H and O–H groups in total. The Morgan fingerprint density at radius 3 is 2.76 bits per heavy atom. The number of hydrogen-bond donors (Lipinski definition) is 1. The number of carbonyl (C=O) groups excluding carboxylic acids is 1. The molecule has 1 amide bonds. The van der Waals surface area contributed by atoms with Gasteiger partial charge in [-0.15, -0.1) is 0 Å². The lowest BCUT2D eigenvalue weighted by Gasteiger charge is -2.22. The van der Waals surface area contributed by atoms with E-state index in [1.54, 1.807) is 14.2 Å². The van der Waals surface area contributed by atoms with Gasteiger partial charge in [-0.05, 0) is 19.4 Å². The first kappa shape index (κ1) is 15.6. The van der Waals surface area contributed by atoms with Gasteiger partial charge in [-0.1, -0.05) is 6.07 Å². The molecule has 0 spiro atoms. The molecule has 1 unspecified atom stereocenters. The van der Waals surface area contributed by atoms with Crippen molar-refractivity contribution in [2.45, 2.75) is 32.4 Å². The first-order valence-electron chi connectivity index (χ1n) is 7.36. The summed E-state index contributed by atoms with van der Waals surface area (Å²) in [5, 5.41) is 3.44. The van der Waals surface area contributed by atoms with E-state index in [0.29, 0.717) is 13.0 Å². The Kier molecular flexibility index (Phi) is 5.44. The number of likely N-dealkylation sites (tertiary alicyclic amines) is 1. The normalized spacial score (nSPS) is 16.1. The lowest BCUT2D eigenvalue weighted by molar-refractivity contribution is -0.127. The molecule has 1 atom stereocenters. The van der Waals surface area contributed by atoms with Crippen LogP contribution in [0.5, 0.6) is 11.5 Å². The molecule has 1 aromatic rings. The summed E-state index contributed by atoms with van der Waals surface area (Å²) in [5.41, 5.74) is 1.08. The second-order valence-corrected chi connectivity index (χ2v) is 5.40. The Balaban J connectivity index is 1.88. The summed E-state index contributed by atoms with van der Waals surface area (Å²) >= 11 is 0. The number of rotatable bonds is 7.